The molecule has 25 heavy (non-hydrogen) atoms. The van der Waals surface area contributed by atoms with Crippen LogP contribution in [0.5, 0.6) is 5.75 Å². The van der Waals surface area contributed by atoms with Crippen LogP contribution in [0, 0.1) is 0 Å². The molecule has 2 aromatic rings. The number of hydrogen-bond donors (Lipinski definition) is 1. The summed E-state index contributed by atoms with van der Waals surface area (Å²) in [5.74, 6) is 0.964. The fraction of sp³-hybridized carbons (Fsp3) is 0.429. The third-order valence-electron chi connectivity index (χ3n) is 4.96. The van der Waals surface area contributed by atoms with E-state index in [9.17, 15) is 0 Å². The van der Waals surface area contributed by atoms with E-state index in [0.717, 1.165) is 55.5 Å². The molecule has 4 heteroatoms. The molecule has 1 unspecified atom stereocenters. The molecule has 0 aromatic heterocycles. The van der Waals surface area contributed by atoms with Crippen LogP contribution >= 0.6 is 11.6 Å². The molecule has 2 aromatic carbocycles. The lowest BCUT2D eigenvalue weighted by Crippen LogP contribution is -2.31. The smallest absolute Gasteiger partial charge is 0.119 e. The fourth-order valence-electron chi connectivity index (χ4n) is 3.45. The van der Waals surface area contributed by atoms with Crippen molar-refractivity contribution in [2.45, 2.75) is 26.3 Å². The molecule has 134 valence electrons. The van der Waals surface area contributed by atoms with Crippen molar-refractivity contribution in [3.63, 3.8) is 0 Å². The maximum atomic E-state index is 6.41. The van der Waals surface area contributed by atoms with Gasteiger partial charge in [-0.1, -0.05) is 49.7 Å². The first kappa shape index (κ1) is 18.2. The molecule has 3 rings (SSSR count). The molecular weight excluding hydrogens is 332 g/mol. The normalized spacial score (nSPS) is 16.7. The van der Waals surface area contributed by atoms with Crippen LogP contribution in [0.15, 0.2) is 42.5 Å². The van der Waals surface area contributed by atoms with Gasteiger partial charge in [0.05, 0.1) is 6.04 Å². The molecule has 0 fully saturated rings. The second-order valence-electron chi connectivity index (χ2n) is 6.39. The third kappa shape index (κ3) is 4.35. The molecule has 0 aliphatic carbocycles. The van der Waals surface area contributed by atoms with Crippen molar-refractivity contribution in [2.75, 3.05) is 32.8 Å². The highest BCUT2D eigenvalue weighted by Crippen LogP contribution is 2.34. The van der Waals surface area contributed by atoms with E-state index in [1.54, 1.807) is 0 Å². The number of likely N-dealkylation sites (N-methyl/N-ethyl adjacent to an activating group) is 1. The molecule has 0 saturated carbocycles. The predicted octanol–water partition coefficient (Wildman–Crippen LogP) is 4.30. The zero-order chi connectivity index (χ0) is 17.6. The summed E-state index contributed by atoms with van der Waals surface area (Å²) in [6.07, 6.45) is 1.02. The van der Waals surface area contributed by atoms with Gasteiger partial charge in [0.25, 0.3) is 0 Å². The van der Waals surface area contributed by atoms with E-state index >= 15 is 0 Å². The number of rotatable bonds is 7. The number of ether oxygens (including phenoxy) is 1. The number of fused-ring (bicyclic) bond motifs is 1. The van der Waals surface area contributed by atoms with Crippen LogP contribution in [0.1, 0.15) is 36.6 Å². The van der Waals surface area contributed by atoms with E-state index in [0.29, 0.717) is 0 Å². The summed E-state index contributed by atoms with van der Waals surface area (Å²) < 4.78 is 5.98. The Morgan fingerprint density at radius 3 is 2.68 bits per heavy atom. The second-order valence-corrected chi connectivity index (χ2v) is 6.80. The Balaban J connectivity index is 1.73. The van der Waals surface area contributed by atoms with E-state index in [-0.39, 0.29) is 6.04 Å². The molecule has 1 atom stereocenters. The van der Waals surface area contributed by atoms with Crippen LogP contribution in [-0.2, 0) is 6.42 Å². The Morgan fingerprint density at radius 1 is 1.12 bits per heavy atom. The summed E-state index contributed by atoms with van der Waals surface area (Å²) in [7, 11) is 0. The Morgan fingerprint density at radius 2 is 1.92 bits per heavy atom. The molecule has 1 aliphatic heterocycles. The molecule has 3 nitrogen and oxygen atoms in total. The van der Waals surface area contributed by atoms with Crippen molar-refractivity contribution in [1.29, 1.82) is 0 Å². The average molecular weight is 359 g/mol. The zero-order valence-electron chi connectivity index (χ0n) is 15.1. The van der Waals surface area contributed by atoms with Crippen molar-refractivity contribution >= 4 is 11.6 Å². The molecule has 0 amide bonds. The maximum absolute atomic E-state index is 6.41. The summed E-state index contributed by atoms with van der Waals surface area (Å²) in [5.41, 5.74) is 3.79. The van der Waals surface area contributed by atoms with Gasteiger partial charge in [0.2, 0.25) is 0 Å². The molecule has 0 bridgehead atoms. The van der Waals surface area contributed by atoms with Gasteiger partial charge in [-0.05, 0) is 54.4 Å². The lowest BCUT2D eigenvalue weighted by Gasteiger charge is -2.28. The summed E-state index contributed by atoms with van der Waals surface area (Å²) in [5, 5.41) is 4.41. The average Bonchev–Trinajstić information content (AvgIpc) is 2.65. The SMILES string of the molecule is CCN(CC)CCOc1ccc2c(c1)CCNC2c1ccccc1Cl. The van der Waals surface area contributed by atoms with Gasteiger partial charge in [0, 0.05) is 18.1 Å². The van der Waals surface area contributed by atoms with Crippen LogP contribution in [0.2, 0.25) is 5.02 Å². The minimum Gasteiger partial charge on any atom is -0.492 e. The first-order valence-electron chi connectivity index (χ1n) is 9.18. The van der Waals surface area contributed by atoms with Crippen LogP contribution in [-0.4, -0.2) is 37.7 Å². The van der Waals surface area contributed by atoms with Crippen molar-refractivity contribution in [3.8, 4) is 5.75 Å². The van der Waals surface area contributed by atoms with Gasteiger partial charge in [0.1, 0.15) is 12.4 Å². The van der Waals surface area contributed by atoms with Crippen LogP contribution in [0.4, 0.5) is 0 Å². The Bertz CT molecular complexity index is 700. The van der Waals surface area contributed by atoms with Gasteiger partial charge in [0.15, 0.2) is 0 Å². The molecule has 0 radical (unpaired) electrons. The summed E-state index contributed by atoms with van der Waals surface area (Å²) in [6.45, 7) is 9.14. The van der Waals surface area contributed by atoms with Gasteiger partial charge in [-0.25, -0.2) is 0 Å². The number of benzene rings is 2. The Kier molecular flexibility index (Phi) is 6.35. The van der Waals surface area contributed by atoms with E-state index in [4.69, 9.17) is 16.3 Å². The lowest BCUT2D eigenvalue weighted by molar-refractivity contribution is 0.222. The second kappa shape index (κ2) is 8.70. The fourth-order valence-corrected chi connectivity index (χ4v) is 3.70. The highest BCUT2D eigenvalue weighted by Gasteiger charge is 2.23. The summed E-state index contributed by atoms with van der Waals surface area (Å²) in [4.78, 5) is 2.37. The van der Waals surface area contributed by atoms with Crippen LogP contribution in [0.25, 0.3) is 0 Å². The standard InChI is InChI=1S/C21H27ClN2O/c1-3-24(4-2)13-14-25-17-9-10-18-16(15-17)11-12-23-21(18)19-7-5-6-8-20(19)22/h5-10,15,21,23H,3-4,11-14H2,1-2H3. The van der Waals surface area contributed by atoms with Gasteiger partial charge >= 0.3 is 0 Å². The minimum absolute atomic E-state index is 0.155. The van der Waals surface area contributed by atoms with E-state index in [2.05, 4.69) is 48.3 Å². The summed E-state index contributed by atoms with van der Waals surface area (Å²) >= 11 is 6.41. The van der Waals surface area contributed by atoms with Gasteiger partial charge < -0.3 is 15.0 Å². The molecule has 0 saturated heterocycles. The Labute approximate surface area is 155 Å². The van der Waals surface area contributed by atoms with Gasteiger partial charge in [-0.15, -0.1) is 0 Å². The van der Waals surface area contributed by atoms with E-state index in [1.165, 1.54) is 11.1 Å². The van der Waals surface area contributed by atoms with Crippen molar-refractivity contribution in [3.05, 3.63) is 64.2 Å². The highest BCUT2D eigenvalue weighted by atomic mass is 35.5. The highest BCUT2D eigenvalue weighted by molar-refractivity contribution is 6.31. The minimum atomic E-state index is 0.155. The topological polar surface area (TPSA) is 24.5 Å². The van der Waals surface area contributed by atoms with Crippen molar-refractivity contribution in [2.24, 2.45) is 0 Å². The van der Waals surface area contributed by atoms with Gasteiger partial charge in [-0.3, -0.25) is 0 Å². The monoisotopic (exact) mass is 358 g/mol. The molecule has 1 heterocycles. The van der Waals surface area contributed by atoms with Crippen molar-refractivity contribution < 1.29 is 4.74 Å². The first-order chi connectivity index (χ1) is 12.2. The predicted molar refractivity (Wildman–Crippen MR) is 105 cm³/mol. The molecule has 1 aliphatic rings. The number of halogens is 1. The number of hydrogen-bond acceptors (Lipinski definition) is 3. The summed E-state index contributed by atoms with van der Waals surface area (Å²) in [6, 6.07) is 14.7. The molecular formula is C21H27ClN2O. The van der Waals surface area contributed by atoms with Crippen molar-refractivity contribution in [1.82, 2.24) is 10.2 Å². The zero-order valence-corrected chi connectivity index (χ0v) is 15.9. The third-order valence-corrected chi connectivity index (χ3v) is 5.30. The van der Waals surface area contributed by atoms with E-state index in [1.807, 2.05) is 18.2 Å². The lowest BCUT2D eigenvalue weighted by atomic mass is 9.89. The van der Waals surface area contributed by atoms with E-state index < -0.39 is 0 Å². The quantitative estimate of drug-likeness (QED) is 0.798. The number of nitrogens with one attached hydrogen (secondary N) is 1. The van der Waals surface area contributed by atoms with Crippen LogP contribution < -0.4 is 10.1 Å². The first-order valence-corrected chi connectivity index (χ1v) is 9.56. The van der Waals surface area contributed by atoms with Gasteiger partial charge in [-0.2, -0.15) is 0 Å². The number of nitrogens with zero attached hydrogens (tertiary/aromatic N) is 1. The molecule has 0 spiro atoms. The maximum Gasteiger partial charge on any atom is 0.119 e. The van der Waals surface area contributed by atoms with Crippen LogP contribution in [0.3, 0.4) is 0 Å². The Hall–Kier alpha value is -1.55. The molecule has 1 N–H and O–H groups in total. The largest absolute Gasteiger partial charge is 0.492 e.